The Labute approximate surface area is 230 Å². The first-order valence-corrected chi connectivity index (χ1v) is 15.7. The predicted octanol–water partition coefficient (Wildman–Crippen LogP) is 5.83. The van der Waals surface area contributed by atoms with Crippen LogP contribution >= 0.6 is 0 Å². The third-order valence-corrected chi connectivity index (χ3v) is 11.8. The highest BCUT2D eigenvalue weighted by Gasteiger charge is 2.58. The van der Waals surface area contributed by atoms with Gasteiger partial charge in [0.15, 0.2) is 5.78 Å². The van der Waals surface area contributed by atoms with Gasteiger partial charge in [-0.3, -0.25) is 9.69 Å². The van der Waals surface area contributed by atoms with Crippen molar-refractivity contribution >= 4 is 5.78 Å². The maximum atomic E-state index is 12.3. The summed E-state index contributed by atoms with van der Waals surface area (Å²) in [5.74, 6) is 5.00. The van der Waals surface area contributed by atoms with Gasteiger partial charge in [-0.05, 0) is 93.5 Å². The molecule has 0 amide bonds. The molecular formula is C33H51NO4. The van der Waals surface area contributed by atoms with Crippen molar-refractivity contribution in [2.45, 2.75) is 96.8 Å². The van der Waals surface area contributed by atoms with Gasteiger partial charge in [0.1, 0.15) is 0 Å². The Hall–Kier alpha value is -1.01. The molecule has 0 aromatic carbocycles. The van der Waals surface area contributed by atoms with Crippen LogP contribution in [0.25, 0.3) is 0 Å². The lowest BCUT2D eigenvalue weighted by Gasteiger charge is -2.43. The van der Waals surface area contributed by atoms with E-state index < -0.39 is 0 Å². The van der Waals surface area contributed by atoms with Crippen LogP contribution in [0.1, 0.15) is 79.1 Å². The van der Waals surface area contributed by atoms with E-state index in [1.807, 2.05) is 6.08 Å². The molecule has 5 nitrogen and oxygen atoms in total. The molecule has 0 bridgehead atoms. The Balaban J connectivity index is 1.20. The Morgan fingerprint density at radius 2 is 1.95 bits per heavy atom. The van der Waals surface area contributed by atoms with Crippen LogP contribution in [0.15, 0.2) is 22.8 Å². The molecular weight excluding hydrogens is 474 g/mol. The van der Waals surface area contributed by atoms with E-state index in [4.69, 9.17) is 14.2 Å². The summed E-state index contributed by atoms with van der Waals surface area (Å²) in [5.41, 5.74) is 4.89. The second-order valence-corrected chi connectivity index (χ2v) is 14.0. The number of rotatable bonds is 6. The van der Waals surface area contributed by atoms with Gasteiger partial charge in [-0.1, -0.05) is 37.5 Å². The standard InChI is InChI=1S/C33H51NO4/c1-20-14-30-32(34(19-20)10-11-37-13-12-36-5)23(4)33(38-30)9-8-27-26-7-6-24-16-25(35)15-21(2)31(24)29(26)17-28(27)22(3)18-33/h16,20-21,23,26-27,29-32H,6-15,17-19H2,1-5H3/t20-,21+,23+,26-,27-,29-,30+,31?,32-,33-/m0/s1. The minimum atomic E-state index is -0.0181. The molecule has 2 saturated carbocycles. The van der Waals surface area contributed by atoms with Crippen LogP contribution < -0.4 is 0 Å². The van der Waals surface area contributed by atoms with Gasteiger partial charge in [0.05, 0.1) is 31.5 Å². The van der Waals surface area contributed by atoms with Crippen molar-refractivity contribution in [2.75, 3.05) is 40.0 Å². The van der Waals surface area contributed by atoms with E-state index in [2.05, 4.69) is 32.6 Å². The number of ketones is 1. The zero-order chi connectivity index (χ0) is 26.6. The summed E-state index contributed by atoms with van der Waals surface area (Å²) < 4.78 is 18.3. The highest BCUT2D eigenvalue weighted by Crippen LogP contribution is 2.61. The maximum absolute atomic E-state index is 12.3. The van der Waals surface area contributed by atoms with Gasteiger partial charge >= 0.3 is 0 Å². The number of carbonyl (C=O) groups excluding carboxylic acids is 1. The predicted molar refractivity (Wildman–Crippen MR) is 150 cm³/mol. The molecule has 5 heteroatoms. The Morgan fingerprint density at radius 1 is 1.11 bits per heavy atom. The Bertz CT molecular complexity index is 972. The fraction of sp³-hybridized carbons (Fsp3) is 0.848. The molecule has 4 fully saturated rings. The molecule has 0 aromatic rings. The molecule has 2 saturated heterocycles. The molecule has 1 unspecified atom stereocenters. The first-order valence-electron chi connectivity index (χ1n) is 15.7. The lowest BCUT2D eigenvalue weighted by atomic mass is 9.61. The van der Waals surface area contributed by atoms with E-state index in [0.717, 1.165) is 56.7 Å². The number of piperidine rings is 1. The quantitative estimate of drug-likeness (QED) is 0.323. The van der Waals surface area contributed by atoms with E-state index in [9.17, 15) is 4.79 Å². The van der Waals surface area contributed by atoms with Crippen LogP contribution in [-0.4, -0.2) is 68.4 Å². The monoisotopic (exact) mass is 525 g/mol. The number of likely N-dealkylation sites (tertiary alicyclic amines) is 1. The molecule has 10 atom stereocenters. The van der Waals surface area contributed by atoms with Gasteiger partial charge in [-0.2, -0.15) is 0 Å². The van der Waals surface area contributed by atoms with Crippen LogP contribution in [0.3, 0.4) is 0 Å². The molecule has 0 N–H and O–H groups in total. The minimum Gasteiger partial charge on any atom is -0.382 e. The number of allylic oxidation sites excluding steroid dienone is 3. The first-order chi connectivity index (χ1) is 18.3. The van der Waals surface area contributed by atoms with Gasteiger partial charge in [0.25, 0.3) is 0 Å². The normalized spacial score (nSPS) is 44.9. The smallest absolute Gasteiger partial charge is 0.155 e. The fourth-order valence-electron chi connectivity index (χ4n) is 10.3. The highest BCUT2D eigenvalue weighted by molar-refractivity contribution is 5.91. The Kier molecular flexibility index (Phi) is 7.70. The molecule has 6 aliphatic rings. The third kappa shape index (κ3) is 4.67. The van der Waals surface area contributed by atoms with Gasteiger partial charge in [0.2, 0.25) is 0 Å². The van der Waals surface area contributed by atoms with Gasteiger partial charge in [-0.15, -0.1) is 0 Å². The van der Waals surface area contributed by atoms with Crippen molar-refractivity contribution in [3.63, 3.8) is 0 Å². The van der Waals surface area contributed by atoms with E-state index in [1.54, 1.807) is 18.3 Å². The number of fused-ring (bicyclic) bond motifs is 6. The lowest BCUT2D eigenvalue weighted by Crippen LogP contribution is -2.52. The average Bonchev–Trinajstić information content (AvgIpc) is 3.32. The highest BCUT2D eigenvalue weighted by atomic mass is 16.5. The zero-order valence-electron chi connectivity index (χ0n) is 24.5. The largest absolute Gasteiger partial charge is 0.382 e. The van der Waals surface area contributed by atoms with Crippen LogP contribution in [0, 0.1) is 41.4 Å². The fourth-order valence-corrected chi connectivity index (χ4v) is 10.3. The lowest BCUT2D eigenvalue weighted by molar-refractivity contribution is -0.116. The summed E-state index contributed by atoms with van der Waals surface area (Å²) in [7, 11) is 1.73. The minimum absolute atomic E-state index is 0.0181. The number of ether oxygens (including phenoxy) is 3. The number of hydrogen-bond donors (Lipinski definition) is 0. The zero-order valence-corrected chi connectivity index (χ0v) is 24.5. The molecule has 212 valence electrons. The maximum Gasteiger partial charge on any atom is 0.155 e. The molecule has 0 aromatic heterocycles. The second-order valence-electron chi connectivity index (χ2n) is 14.0. The van der Waals surface area contributed by atoms with Crippen molar-refractivity contribution in [3.05, 3.63) is 22.8 Å². The number of methoxy groups -OCH3 is 1. The summed E-state index contributed by atoms with van der Waals surface area (Å²) in [6.45, 7) is 13.9. The topological polar surface area (TPSA) is 48.0 Å². The number of carbonyl (C=O) groups is 1. The Morgan fingerprint density at radius 3 is 2.76 bits per heavy atom. The van der Waals surface area contributed by atoms with Gasteiger partial charge in [-0.25, -0.2) is 0 Å². The van der Waals surface area contributed by atoms with Crippen molar-refractivity contribution < 1.29 is 19.0 Å². The molecule has 6 rings (SSSR count). The van der Waals surface area contributed by atoms with Crippen molar-refractivity contribution in [2.24, 2.45) is 41.4 Å². The summed E-state index contributed by atoms with van der Waals surface area (Å²) >= 11 is 0. The van der Waals surface area contributed by atoms with Crippen molar-refractivity contribution in [1.82, 2.24) is 4.90 Å². The number of nitrogens with zero attached hydrogens (tertiary/aromatic N) is 1. The summed E-state index contributed by atoms with van der Waals surface area (Å²) in [6, 6.07) is 0.503. The van der Waals surface area contributed by atoms with Gasteiger partial charge in [0, 0.05) is 38.6 Å². The summed E-state index contributed by atoms with van der Waals surface area (Å²) in [4.78, 5) is 15.0. The van der Waals surface area contributed by atoms with Gasteiger partial charge < -0.3 is 14.2 Å². The number of hydrogen-bond acceptors (Lipinski definition) is 5. The molecule has 2 heterocycles. The molecule has 0 radical (unpaired) electrons. The molecule has 1 spiro atoms. The van der Waals surface area contributed by atoms with Crippen LogP contribution in [-0.2, 0) is 19.0 Å². The molecule has 38 heavy (non-hydrogen) atoms. The van der Waals surface area contributed by atoms with Crippen LogP contribution in [0.2, 0.25) is 0 Å². The van der Waals surface area contributed by atoms with E-state index in [0.29, 0.717) is 54.8 Å². The van der Waals surface area contributed by atoms with Crippen LogP contribution in [0.4, 0.5) is 0 Å². The van der Waals surface area contributed by atoms with E-state index in [-0.39, 0.29) is 5.60 Å². The molecule has 2 aliphatic heterocycles. The van der Waals surface area contributed by atoms with Crippen molar-refractivity contribution in [1.29, 1.82) is 0 Å². The van der Waals surface area contributed by atoms with E-state index >= 15 is 0 Å². The average molecular weight is 526 g/mol. The summed E-state index contributed by atoms with van der Waals surface area (Å²) in [6.07, 6.45) is 11.6. The summed E-state index contributed by atoms with van der Waals surface area (Å²) in [5, 5.41) is 0. The third-order valence-electron chi connectivity index (χ3n) is 11.8. The second kappa shape index (κ2) is 10.8. The SMILES string of the molecule is COCCOCCN1C[C@@H](C)C[C@H]2O[C@]3(CC[C@@H]4C(=C(C)C3)C[C@@H]3C5C(=CC(=O)C[C@H]5C)CC[C@@H]43)[C@H](C)[C@@H]21. The van der Waals surface area contributed by atoms with E-state index in [1.165, 1.54) is 37.7 Å². The molecule has 4 aliphatic carbocycles. The van der Waals surface area contributed by atoms with Crippen molar-refractivity contribution in [3.8, 4) is 0 Å². The van der Waals surface area contributed by atoms with Crippen LogP contribution in [0.5, 0.6) is 0 Å². The first kappa shape index (κ1) is 27.2.